The van der Waals surface area contributed by atoms with Gasteiger partial charge in [-0.1, -0.05) is 40.9 Å². The Kier molecular flexibility index (Phi) is 9.12. The highest BCUT2D eigenvalue weighted by Gasteiger charge is 2.13. The zero-order chi connectivity index (χ0) is 23.8. The number of halogens is 3. The SMILES string of the molecule is CCOC(=O)c1ccc(NCc2cc(OCC)c(OCc3ccc(Cl)c(Cl)c3)cc2Cl)cc1. The zero-order valence-corrected chi connectivity index (χ0v) is 20.6. The van der Waals surface area contributed by atoms with Crippen molar-refractivity contribution < 1.29 is 19.0 Å². The van der Waals surface area contributed by atoms with E-state index < -0.39 is 0 Å². The van der Waals surface area contributed by atoms with E-state index in [2.05, 4.69) is 5.32 Å². The van der Waals surface area contributed by atoms with Gasteiger partial charge in [0.15, 0.2) is 11.5 Å². The molecule has 0 fully saturated rings. The molecule has 0 amide bonds. The lowest BCUT2D eigenvalue weighted by atomic mass is 10.1. The lowest BCUT2D eigenvalue weighted by Crippen LogP contribution is -2.06. The lowest BCUT2D eigenvalue weighted by Gasteiger charge is -2.16. The van der Waals surface area contributed by atoms with Gasteiger partial charge in [0, 0.05) is 23.3 Å². The van der Waals surface area contributed by atoms with Crippen molar-refractivity contribution in [1.29, 1.82) is 0 Å². The summed E-state index contributed by atoms with van der Waals surface area (Å²) in [6.45, 7) is 5.25. The highest BCUT2D eigenvalue weighted by Crippen LogP contribution is 2.35. The van der Waals surface area contributed by atoms with Gasteiger partial charge in [0.2, 0.25) is 0 Å². The molecular weight excluding hydrogens is 485 g/mol. The minimum absolute atomic E-state index is 0.289. The normalized spacial score (nSPS) is 10.6. The van der Waals surface area contributed by atoms with Gasteiger partial charge in [0.05, 0.1) is 28.8 Å². The molecule has 0 bridgehead atoms. The summed E-state index contributed by atoms with van der Waals surface area (Å²) < 4.78 is 16.7. The number of ether oxygens (including phenoxy) is 3. The molecule has 8 heteroatoms. The van der Waals surface area contributed by atoms with Gasteiger partial charge >= 0.3 is 5.97 Å². The number of hydrogen-bond acceptors (Lipinski definition) is 5. The predicted octanol–water partition coefficient (Wildman–Crippen LogP) is 7.41. The lowest BCUT2D eigenvalue weighted by molar-refractivity contribution is 0.0526. The van der Waals surface area contributed by atoms with E-state index in [1.807, 2.05) is 31.2 Å². The molecule has 3 rings (SSSR count). The Morgan fingerprint density at radius 2 is 1.55 bits per heavy atom. The van der Waals surface area contributed by atoms with E-state index in [0.29, 0.717) is 51.9 Å². The molecule has 0 aliphatic carbocycles. The molecule has 0 radical (unpaired) electrons. The van der Waals surface area contributed by atoms with Crippen molar-refractivity contribution in [3.63, 3.8) is 0 Å². The molecule has 3 aromatic rings. The first-order valence-corrected chi connectivity index (χ1v) is 11.6. The first-order valence-electron chi connectivity index (χ1n) is 10.4. The van der Waals surface area contributed by atoms with Crippen LogP contribution in [0.1, 0.15) is 35.3 Å². The maximum atomic E-state index is 11.8. The standard InChI is InChI=1S/C25H24Cl3NO4/c1-3-31-23-12-18(14-29-19-8-6-17(7-9-19)25(30)32-4-2)21(27)13-24(23)33-15-16-5-10-20(26)22(28)11-16/h5-13,29H,3-4,14-15H2,1-2H3. The number of benzene rings is 3. The van der Waals surface area contributed by atoms with E-state index in [-0.39, 0.29) is 12.6 Å². The molecule has 0 heterocycles. The number of anilines is 1. The van der Waals surface area contributed by atoms with E-state index >= 15 is 0 Å². The van der Waals surface area contributed by atoms with Crippen LogP contribution >= 0.6 is 34.8 Å². The molecule has 0 atom stereocenters. The van der Waals surface area contributed by atoms with Crippen molar-refractivity contribution in [2.75, 3.05) is 18.5 Å². The molecule has 174 valence electrons. The second kappa shape index (κ2) is 12.0. The number of nitrogens with one attached hydrogen (secondary N) is 1. The molecule has 33 heavy (non-hydrogen) atoms. The van der Waals surface area contributed by atoms with Crippen LogP contribution in [0.3, 0.4) is 0 Å². The topological polar surface area (TPSA) is 56.8 Å². The third-order valence-electron chi connectivity index (χ3n) is 4.67. The van der Waals surface area contributed by atoms with Crippen molar-refractivity contribution in [2.45, 2.75) is 27.0 Å². The van der Waals surface area contributed by atoms with Crippen molar-refractivity contribution >= 4 is 46.5 Å². The second-order valence-corrected chi connectivity index (χ2v) is 8.23. The first-order chi connectivity index (χ1) is 15.9. The van der Waals surface area contributed by atoms with Crippen molar-refractivity contribution in [1.82, 2.24) is 0 Å². The second-order valence-electron chi connectivity index (χ2n) is 7.01. The van der Waals surface area contributed by atoms with Crippen LogP contribution in [0.15, 0.2) is 54.6 Å². The Morgan fingerprint density at radius 3 is 2.21 bits per heavy atom. The average molecular weight is 509 g/mol. The summed E-state index contributed by atoms with van der Waals surface area (Å²) >= 11 is 18.6. The van der Waals surface area contributed by atoms with Crippen molar-refractivity contribution in [3.05, 3.63) is 86.4 Å². The summed E-state index contributed by atoms with van der Waals surface area (Å²) in [5.74, 6) is 0.789. The summed E-state index contributed by atoms with van der Waals surface area (Å²) in [6.07, 6.45) is 0. The minimum Gasteiger partial charge on any atom is -0.490 e. The fourth-order valence-corrected chi connectivity index (χ4v) is 3.56. The molecule has 0 saturated heterocycles. The number of hydrogen-bond donors (Lipinski definition) is 1. The number of rotatable bonds is 10. The van der Waals surface area contributed by atoms with Crippen LogP contribution in [0, 0.1) is 0 Å². The largest absolute Gasteiger partial charge is 0.490 e. The highest BCUT2D eigenvalue weighted by molar-refractivity contribution is 6.42. The van der Waals surface area contributed by atoms with Gasteiger partial charge in [-0.2, -0.15) is 0 Å². The van der Waals surface area contributed by atoms with E-state index in [4.69, 9.17) is 49.0 Å². The fraction of sp³-hybridized carbons (Fsp3) is 0.240. The van der Waals surface area contributed by atoms with Crippen LogP contribution < -0.4 is 14.8 Å². The number of carbonyl (C=O) groups is 1. The van der Waals surface area contributed by atoms with Gasteiger partial charge in [0.25, 0.3) is 0 Å². The van der Waals surface area contributed by atoms with Gasteiger partial charge in [-0.25, -0.2) is 4.79 Å². The van der Waals surface area contributed by atoms with Gasteiger partial charge in [-0.15, -0.1) is 0 Å². The third kappa shape index (κ3) is 6.94. The quantitative estimate of drug-likeness (QED) is 0.289. The summed E-state index contributed by atoms with van der Waals surface area (Å²) in [4.78, 5) is 11.8. The van der Waals surface area contributed by atoms with Crippen LogP contribution in [-0.2, 0) is 17.9 Å². The average Bonchev–Trinajstić information content (AvgIpc) is 2.81. The summed E-state index contributed by atoms with van der Waals surface area (Å²) in [6, 6.07) is 16.0. The number of carbonyl (C=O) groups excluding carboxylic acids is 1. The van der Waals surface area contributed by atoms with Crippen molar-refractivity contribution in [3.8, 4) is 11.5 Å². The van der Waals surface area contributed by atoms with Gasteiger partial charge < -0.3 is 19.5 Å². The summed E-state index contributed by atoms with van der Waals surface area (Å²) in [7, 11) is 0. The maximum Gasteiger partial charge on any atom is 0.338 e. The van der Waals surface area contributed by atoms with Crippen molar-refractivity contribution in [2.24, 2.45) is 0 Å². The van der Waals surface area contributed by atoms with Crippen LogP contribution in [0.5, 0.6) is 11.5 Å². The molecular formula is C25H24Cl3NO4. The molecule has 3 aromatic carbocycles. The summed E-state index contributed by atoms with van der Waals surface area (Å²) in [5.41, 5.74) is 3.07. The smallest absolute Gasteiger partial charge is 0.338 e. The Morgan fingerprint density at radius 1 is 0.818 bits per heavy atom. The van der Waals surface area contributed by atoms with Gasteiger partial charge in [-0.3, -0.25) is 0 Å². The predicted molar refractivity (Wildman–Crippen MR) is 133 cm³/mol. The highest BCUT2D eigenvalue weighted by atomic mass is 35.5. The molecule has 0 aliphatic rings. The molecule has 0 aromatic heterocycles. The van der Waals surface area contributed by atoms with Crippen LogP contribution in [0.25, 0.3) is 0 Å². The van der Waals surface area contributed by atoms with Crippen LogP contribution in [0.4, 0.5) is 5.69 Å². The van der Waals surface area contributed by atoms with Crippen LogP contribution in [-0.4, -0.2) is 19.2 Å². The molecule has 0 saturated carbocycles. The molecule has 0 aliphatic heterocycles. The maximum absolute atomic E-state index is 11.8. The Bertz CT molecular complexity index is 1100. The zero-order valence-electron chi connectivity index (χ0n) is 18.3. The molecule has 5 nitrogen and oxygen atoms in total. The van der Waals surface area contributed by atoms with E-state index in [0.717, 1.165) is 16.8 Å². The van der Waals surface area contributed by atoms with E-state index in [1.165, 1.54) is 0 Å². The minimum atomic E-state index is -0.343. The summed E-state index contributed by atoms with van der Waals surface area (Å²) in [5, 5.41) is 4.80. The molecule has 0 unspecified atom stereocenters. The molecule has 1 N–H and O–H groups in total. The Labute approximate surface area is 208 Å². The Hall–Kier alpha value is -2.60. The van der Waals surface area contributed by atoms with E-state index in [9.17, 15) is 4.79 Å². The number of esters is 1. The first kappa shape index (κ1) is 25.0. The molecule has 0 spiro atoms. The van der Waals surface area contributed by atoms with Crippen LogP contribution in [0.2, 0.25) is 15.1 Å². The van der Waals surface area contributed by atoms with Gasteiger partial charge in [-0.05, 0) is 67.4 Å². The van der Waals surface area contributed by atoms with Gasteiger partial charge in [0.1, 0.15) is 6.61 Å². The van der Waals surface area contributed by atoms with E-state index in [1.54, 1.807) is 37.3 Å². The third-order valence-corrected chi connectivity index (χ3v) is 5.76. The fourth-order valence-electron chi connectivity index (χ4n) is 3.02. The Balaban J connectivity index is 1.69. The monoisotopic (exact) mass is 507 g/mol.